The van der Waals surface area contributed by atoms with Gasteiger partial charge in [-0.2, -0.15) is 0 Å². The third-order valence-electron chi connectivity index (χ3n) is 2.76. The smallest absolute Gasteiger partial charge is 0.303 e. The van der Waals surface area contributed by atoms with Crippen molar-refractivity contribution in [3.8, 4) is 5.75 Å². The molecule has 0 aliphatic carbocycles. The average molecular weight is 206 g/mol. The summed E-state index contributed by atoms with van der Waals surface area (Å²) in [6.07, 6.45) is 1.09. The Labute approximate surface area is 88.7 Å². The summed E-state index contributed by atoms with van der Waals surface area (Å²) >= 11 is 0. The second-order valence-corrected chi connectivity index (χ2v) is 3.93. The number of hydrogen-bond acceptors (Lipinski definition) is 2. The molecule has 0 saturated carbocycles. The van der Waals surface area contributed by atoms with E-state index >= 15 is 0 Å². The maximum absolute atomic E-state index is 10.6. The van der Waals surface area contributed by atoms with Crippen molar-refractivity contribution in [2.75, 3.05) is 6.61 Å². The minimum absolute atomic E-state index is 0.00977. The lowest BCUT2D eigenvalue weighted by Gasteiger charge is -2.13. The van der Waals surface area contributed by atoms with Gasteiger partial charge in [0.25, 0.3) is 0 Å². The number of benzene rings is 1. The van der Waals surface area contributed by atoms with Gasteiger partial charge in [0.05, 0.1) is 13.0 Å². The van der Waals surface area contributed by atoms with E-state index in [0.29, 0.717) is 6.61 Å². The highest BCUT2D eigenvalue weighted by Gasteiger charge is 2.20. The van der Waals surface area contributed by atoms with Gasteiger partial charge in [-0.15, -0.1) is 0 Å². The predicted molar refractivity (Wildman–Crippen MR) is 56.3 cm³/mol. The fraction of sp³-hybridized carbons (Fsp3) is 0.417. The Balaban J connectivity index is 2.28. The predicted octanol–water partition coefficient (Wildman–Crippen LogP) is 2.20. The van der Waals surface area contributed by atoms with Crippen molar-refractivity contribution >= 4 is 5.97 Å². The van der Waals surface area contributed by atoms with E-state index in [1.165, 1.54) is 5.56 Å². The van der Waals surface area contributed by atoms with E-state index in [2.05, 4.69) is 0 Å². The Morgan fingerprint density at radius 3 is 3.13 bits per heavy atom. The Kier molecular flexibility index (Phi) is 2.62. The zero-order chi connectivity index (χ0) is 10.8. The highest BCUT2D eigenvalue weighted by atomic mass is 16.5. The molecule has 0 fully saturated rings. The molecule has 3 nitrogen and oxygen atoms in total. The van der Waals surface area contributed by atoms with E-state index < -0.39 is 5.97 Å². The Bertz CT molecular complexity index is 384. The van der Waals surface area contributed by atoms with Crippen LogP contribution in [0.25, 0.3) is 0 Å². The van der Waals surface area contributed by atoms with Crippen LogP contribution in [0.5, 0.6) is 5.75 Å². The molecule has 0 radical (unpaired) electrons. The molecule has 1 unspecified atom stereocenters. The van der Waals surface area contributed by atoms with Gasteiger partial charge in [-0.25, -0.2) is 0 Å². The quantitative estimate of drug-likeness (QED) is 0.824. The van der Waals surface area contributed by atoms with Crippen LogP contribution < -0.4 is 4.74 Å². The number of rotatable bonds is 3. The van der Waals surface area contributed by atoms with Gasteiger partial charge < -0.3 is 9.84 Å². The number of para-hydroxylation sites is 1. The van der Waals surface area contributed by atoms with Gasteiger partial charge in [-0.05, 0) is 17.0 Å². The average Bonchev–Trinajstić information content (AvgIpc) is 2.63. The lowest BCUT2D eigenvalue weighted by atomic mass is 9.95. The van der Waals surface area contributed by atoms with E-state index in [9.17, 15) is 4.79 Å². The van der Waals surface area contributed by atoms with Crippen LogP contribution in [-0.4, -0.2) is 17.7 Å². The molecule has 1 aliphatic heterocycles. The first-order valence-electron chi connectivity index (χ1n) is 5.15. The molecule has 0 amide bonds. The Hall–Kier alpha value is -1.51. The first-order chi connectivity index (χ1) is 7.18. The third kappa shape index (κ3) is 1.96. The molecule has 1 aromatic carbocycles. The lowest BCUT2D eigenvalue weighted by molar-refractivity contribution is -0.137. The summed E-state index contributed by atoms with van der Waals surface area (Å²) in [4.78, 5) is 10.6. The topological polar surface area (TPSA) is 46.5 Å². The first kappa shape index (κ1) is 10.0. The second kappa shape index (κ2) is 3.93. The highest BCUT2D eigenvalue weighted by molar-refractivity contribution is 5.68. The van der Waals surface area contributed by atoms with Crippen LogP contribution in [0.3, 0.4) is 0 Å². The third-order valence-corrected chi connectivity index (χ3v) is 2.76. The maximum atomic E-state index is 10.6. The summed E-state index contributed by atoms with van der Waals surface area (Å²) in [5.41, 5.74) is 2.22. The summed E-state index contributed by atoms with van der Waals surface area (Å²) in [5, 5.41) is 8.75. The summed E-state index contributed by atoms with van der Waals surface area (Å²) in [6, 6.07) is 5.97. The summed E-state index contributed by atoms with van der Waals surface area (Å²) in [5.74, 6) is 0.153. The summed E-state index contributed by atoms with van der Waals surface area (Å²) < 4.78 is 5.54. The molecule has 1 heterocycles. The van der Waals surface area contributed by atoms with Crippen LogP contribution in [0.1, 0.15) is 30.4 Å². The molecule has 80 valence electrons. The zero-order valence-electron chi connectivity index (χ0n) is 8.69. The lowest BCUT2D eigenvalue weighted by Crippen LogP contribution is -2.04. The molecular formula is C12H14O3. The minimum Gasteiger partial charge on any atom is -0.493 e. The SMILES string of the molecule is CC(CC(=O)O)c1cccc2c1OCC2. The molecule has 1 aromatic rings. The van der Waals surface area contributed by atoms with Gasteiger partial charge in [0.15, 0.2) is 0 Å². The van der Waals surface area contributed by atoms with Crippen LogP contribution in [-0.2, 0) is 11.2 Å². The van der Waals surface area contributed by atoms with Gasteiger partial charge in [0, 0.05) is 6.42 Å². The molecule has 3 heteroatoms. The number of carboxylic acid groups (broad SMARTS) is 1. The van der Waals surface area contributed by atoms with Crippen molar-refractivity contribution in [3.05, 3.63) is 29.3 Å². The van der Waals surface area contributed by atoms with Crippen LogP contribution in [0.15, 0.2) is 18.2 Å². The monoisotopic (exact) mass is 206 g/mol. The largest absolute Gasteiger partial charge is 0.493 e. The molecule has 1 aliphatic rings. The summed E-state index contributed by atoms with van der Waals surface area (Å²) in [7, 11) is 0. The van der Waals surface area contributed by atoms with Crippen LogP contribution in [0.2, 0.25) is 0 Å². The molecule has 1 N–H and O–H groups in total. The van der Waals surface area contributed by atoms with Crippen molar-refractivity contribution in [3.63, 3.8) is 0 Å². The Morgan fingerprint density at radius 1 is 1.60 bits per heavy atom. The second-order valence-electron chi connectivity index (χ2n) is 3.93. The maximum Gasteiger partial charge on any atom is 0.303 e. The molecule has 0 saturated heterocycles. The van der Waals surface area contributed by atoms with Gasteiger partial charge in [0.1, 0.15) is 5.75 Å². The molecule has 2 rings (SSSR count). The molecular weight excluding hydrogens is 192 g/mol. The van der Waals surface area contributed by atoms with Crippen molar-refractivity contribution in [1.29, 1.82) is 0 Å². The van der Waals surface area contributed by atoms with E-state index in [0.717, 1.165) is 17.7 Å². The number of ether oxygens (including phenoxy) is 1. The number of aliphatic carboxylic acids is 1. The first-order valence-corrected chi connectivity index (χ1v) is 5.15. The summed E-state index contributed by atoms with van der Waals surface area (Å²) in [6.45, 7) is 2.64. The molecule has 0 bridgehead atoms. The van der Waals surface area contributed by atoms with Crippen LogP contribution >= 0.6 is 0 Å². The standard InChI is InChI=1S/C12H14O3/c1-8(7-11(13)14)10-4-2-3-9-5-6-15-12(9)10/h2-4,8H,5-7H2,1H3,(H,13,14). The molecule has 0 spiro atoms. The number of carbonyl (C=O) groups is 1. The fourth-order valence-electron chi connectivity index (χ4n) is 2.00. The van der Waals surface area contributed by atoms with E-state index in [-0.39, 0.29) is 12.3 Å². The fourth-order valence-corrected chi connectivity index (χ4v) is 2.00. The van der Waals surface area contributed by atoms with Crippen molar-refractivity contribution in [2.24, 2.45) is 0 Å². The van der Waals surface area contributed by atoms with E-state index in [4.69, 9.17) is 9.84 Å². The number of carboxylic acids is 1. The van der Waals surface area contributed by atoms with Gasteiger partial charge in [0.2, 0.25) is 0 Å². The van der Waals surface area contributed by atoms with Crippen LogP contribution in [0.4, 0.5) is 0 Å². The number of hydrogen-bond donors (Lipinski definition) is 1. The van der Waals surface area contributed by atoms with Crippen molar-refractivity contribution in [1.82, 2.24) is 0 Å². The number of fused-ring (bicyclic) bond motifs is 1. The van der Waals surface area contributed by atoms with Gasteiger partial charge in [-0.3, -0.25) is 4.79 Å². The molecule has 1 atom stereocenters. The molecule has 0 aromatic heterocycles. The molecule has 15 heavy (non-hydrogen) atoms. The minimum atomic E-state index is -0.766. The van der Waals surface area contributed by atoms with Crippen LogP contribution in [0, 0.1) is 0 Å². The van der Waals surface area contributed by atoms with E-state index in [1.807, 2.05) is 25.1 Å². The highest BCUT2D eigenvalue weighted by Crippen LogP contribution is 2.35. The normalized spacial score (nSPS) is 15.5. The van der Waals surface area contributed by atoms with Crippen molar-refractivity contribution < 1.29 is 14.6 Å². The zero-order valence-corrected chi connectivity index (χ0v) is 8.69. The Morgan fingerprint density at radius 2 is 2.40 bits per heavy atom. The van der Waals surface area contributed by atoms with Gasteiger partial charge >= 0.3 is 5.97 Å². The van der Waals surface area contributed by atoms with Gasteiger partial charge in [-0.1, -0.05) is 25.1 Å². The van der Waals surface area contributed by atoms with Crippen molar-refractivity contribution in [2.45, 2.75) is 25.7 Å². The van der Waals surface area contributed by atoms with E-state index in [1.54, 1.807) is 0 Å².